The third-order valence-electron chi connectivity index (χ3n) is 4.52. The largest absolute Gasteiger partial charge is 0.347 e. The highest BCUT2D eigenvalue weighted by molar-refractivity contribution is 7.13. The lowest BCUT2D eigenvalue weighted by atomic mass is 10.2. The summed E-state index contributed by atoms with van der Waals surface area (Å²) in [7, 11) is 0. The van der Waals surface area contributed by atoms with Crippen molar-refractivity contribution in [3.63, 3.8) is 0 Å². The van der Waals surface area contributed by atoms with Crippen molar-refractivity contribution < 1.29 is 13.6 Å². The second-order valence-electron chi connectivity index (χ2n) is 6.44. The average molecular weight is 380 g/mol. The monoisotopic (exact) mass is 380 g/mol. The lowest BCUT2D eigenvalue weighted by Gasteiger charge is -2.27. The van der Waals surface area contributed by atoms with Crippen molar-refractivity contribution in [2.24, 2.45) is 0 Å². The number of hydrogen-bond acceptors (Lipinski definition) is 5. The van der Waals surface area contributed by atoms with Crippen LogP contribution < -0.4 is 10.2 Å². The molecule has 1 fully saturated rings. The smallest absolute Gasteiger partial charge is 0.241 e. The number of anilines is 2. The molecule has 8 heteroatoms. The van der Waals surface area contributed by atoms with Gasteiger partial charge in [0.05, 0.1) is 17.4 Å². The fourth-order valence-electron chi connectivity index (χ4n) is 3.00. The molecule has 1 aliphatic heterocycles. The highest BCUT2D eigenvalue weighted by Gasteiger charge is 2.25. The molecule has 3 rings (SSSR count). The van der Waals surface area contributed by atoms with Gasteiger partial charge in [-0.2, -0.15) is 0 Å². The zero-order chi connectivity index (χ0) is 18.7. The Balaban J connectivity index is 1.61. The van der Waals surface area contributed by atoms with Crippen LogP contribution in [0.3, 0.4) is 0 Å². The molecule has 1 atom stereocenters. The molecule has 2 aromatic rings. The summed E-state index contributed by atoms with van der Waals surface area (Å²) in [5.74, 6) is -1.57. The van der Waals surface area contributed by atoms with Crippen LogP contribution in [0.5, 0.6) is 0 Å². The van der Waals surface area contributed by atoms with Gasteiger partial charge in [0, 0.05) is 37.6 Å². The van der Waals surface area contributed by atoms with Crippen molar-refractivity contribution in [3.8, 4) is 0 Å². The Labute approximate surface area is 155 Å². The molecule has 1 amide bonds. The van der Waals surface area contributed by atoms with Crippen LogP contribution in [0.1, 0.15) is 19.0 Å². The van der Waals surface area contributed by atoms with Gasteiger partial charge in [0.1, 0.15) is 11.6 Å². The number of nitrogens with zero attached hydrogens (tertiary/aromatic N) is 3. The summed E-state index contributed by atoms with van der Waals surface area (Å²) in [5, 5.41) is 5.53. The van der Waals surface area contributed by atoms with Crippen molar-refractivity contribution in [1.29, 1.82) is 0 Å². The minimum absolute atomic E-state index is 0.128. The summed E-state index contributed by atoms with van der Waals surface area (Å²) in [6.45, 7) is 6.90. The molecule has 1 N–H and O–H groups in total. The fourth-order valence-corrected chi connectivity index (χ4v) is 3.86. The molecule has 26 heavy (non-hydrogen) atoms. The normalized spacial score (nSPS) is 17.0. The summed E-state index contributed by atoms with van der Waals surface area (Å²) < 4.78 is 27.0. The molecule has 0 saturated carbocycles. The first kappa shape index (κ1) is 18.7. The van der Waals surface area contributed by atoms with E-state index in [4.69, 9.17) is 0 Å². The highest BCUT2D eigenvalue weighted by atomic mass is 32.1. The minimum atomic E-state index is -0.645. The van der Waals surface area contributed by atoms with Crippen LogP contribution >= 0.6 is 11.3 Å². The van der Waals surface area contributed by atoms with E-state index in [0.717, 1.165) is 55.1 Å². The van der Waals surface area contributed by atoms with Gasteiger partial charge in [-0.15, -0.1) is 11.3 Å². The summed E-state index contributed by atoms with van der Waals surface area (Å²) in [4.78, 5) is 21.3. The van der Waals surface area contributed by atoms with E-state index in [9.17, 15) is 13.6 Å². The number of rotatable bonds is 4. The highest BCUT2D eigenvalue weighted by Crippen LogP contribution is 2.22. The van der Waals surface area contributed by atoms with Crippen molar-refractivity contribution >= 4 is 28.1 Å². The van der Waals surface area contributed by atoms with Gasteiger partial charge < -0.3 is 10.2 Å². The molecule has 140 valence electrons. The van der Waals surface area contributed by atoms with E-state index in [-0.39, 0.29) is 11.6 Å². The van der Waals surface area contributed by atoms with Gasteiger partial charge in [0.25, 0.3) is 0 Å². The summed E-state index contributed by atoms with van der Waals surface area (Å²) >= 11 is 1.63. The number of thiazole rings is 1. The molecular weight excluding hydrogens is 358 g/mol. The van der Waals surface area contributed by atoms with E-state index in [2.05, 4.69) is 20.1 Å². The number of hydrogen-bond donors (Lipinski definition) is 1. The molecule has 1 aromatic carbocycles. The molecule has 0 spiro atoms. The Morgan fingerprint density at radius 3 is 2.81 bits per heavy atom. The van der Waals surface area contributed by atoms with E-state index in [1.807, 2.05) is 12.3 Å². The maximum atomic E-state index is 13.7. The Hall–Kier alpha value is -2.06. The van der Waals surface area contributed by atoms with E-state index >= 15 is 0 Å². The Kier molecular flexibility index (Phi) is 5.83. The third kappa shape index (κ3) is 4.37. The Morgan fingerprint density at radius 2 is 2.08 bits per heavy atom. The molecule has 0 radical (unpaired) electrons. The Bertz CT molecular complexity index is 782. The van der Waals surface area contributed by atoms with Crippen LogP contribution in [0, 0.1) is 18.6 Å². The lowest BCUT2D eigenvalue weighted by molar-refractivity contribution is -0.120. The number of aryl methyl sites for hydroxylation is 1. The standard InChI is InChI=1S/C18H22F2N4OS/c1-12-11-26-18(21-12)24-7-3-6-23(8-9-24)13(2)17(25)22-16-10-14(19)4-5-15(16)20/h4-5,10-11,13H,3,6-9H2,1-2H3,(H,22,25). The second kappa shape index (κ2) is 8.09. The zero-order valence-corrected chi connectivity index (χ0v) is 15.7. The van der Waals surface area contributed by atoms with E-state index in [1.54, 1.807) is 18.3 Å². The number of aromatic nitrogens is 1. The van der Waals surface area contributed by atoms with Gasteiger partial charge in [-0.05, 0) is 32.4 Å². The van der Waals surface area contributed by atoms with Gasteiger partial charge in [-0.1, -0.05) is 0 Å². The average Bonchev–Trinajstić information content (AvgIpc) is 2.90. The summed E-state index contributed by atoms with van der Waals surface area (Å²) in [5.41, 5.74) is 0.882. The SMILES string of the molecule is Cc1csc(N2CCCN(C(C)C(=O)Nc3cc(F)ccc3F)CC2)n1. The maximum Gasteiger partial charge on any atom is 0.241 e. The van der Waals surface area contributed by atoms with Crippen LogP contribution in [0.15, 0.2) is 23.6 Å². The first-order chi connectivity index (χ1) is 12.4. The molecule has 1 aliphatic rings. The number of carbonyl (C=O) groups excluding carboxylic acids is 1. The van der Waals surface area contributed by atoms with Crippen LogP contribution in [-0.2, 0) is 4.79 Å². The molecule has 5 nitrogen and oxygen atoms in total. The summed E-state index contributed by atoms with van der Waals surface area (Å²) in [6, 6.07) is 2.60. The first-order valence-electron chi connectivity index (χ1n) is 8.61. The van der Waals surface area contributed by atoms with Crippen LogP contribution in [0.25, 0.3) is 0 Å². The van der Waals surface area contributed by atoms with E-state index in [0.29, 0.717) is 6.54 Å². The summed E-state index contributed by atoms with van der Waals surface area (Å²) in [6.07, 6.45) is 0.907. The lowest BCUT2D eigenvalue weighted by Crippen LogP contribution is -2.44. The van der Waals surface area contributed by atoms with Crippen molar-refractivity contribution in [2.75, 3.05) is 36.4 Å². The van der Waals surface area contributed by atoms with Gasteiger partial charge in [0.15, 0.2) is 5.13 Å². The van der Waals surface area contributed by atoms with E-state index < -0.39 is 17.7 Å². The maximum absolute atomic E-state index is 13.7. The number of carbonyl (C=O) groups is 1. The molecule has 1 saturated heterocycles. The number of nitrogens with one attached hydrogen (secondary N) is 1. The number of halogens is 2. The van der Waals surface area contributed by atoms with Gasteiger partial charge >= 0.3 is 0 Å². The van der Waals surface area contributed by atoms with Gasteiger partial charge in [0.2, 0.25) is 5.91 Å². The molecule has 1 aromatic heterocycles. The number of amides is 1. The predicted molar refractivity (Wildman–Crippen MR) is 99.7 cm³/mol. The van der Waals surface area contributed by atoms with Gasteiger partial charge in [-0.25, -0.2) is 13.8 Å². The van der Waals surface area contributed by atoms with Gasteiger partial charge in [-0.3, -0.25) is 9.69 Å². The van der Waals surface area contributed by atoms with Crippen LogP contribution in [0.2, 0.25) is 0 Å². The van der Waals surface area contributed by atoms with E-state index in [1.165, 1.54) is 0 Å². The molecular formula is C18H22F2N4OS. The van der Waals surface area contributed by atoms with Crippen LogP contribution in [-0.4, -0.2) is 48.0 Å². The predicted octanol–water partition coefficient (Wildman–Crippen LogP) is 3.27. The fraction of sp³-hybridized carbons (Fsp3) is 0.444. The molecule has 0 aliphatic carbocycles. The van der Waals surface area contributed by atoms with Crippen molar-refractivity contribution in [3.05, 3.63) is 40.9 Å². The quantitative estimate of drug-likeness (QED) is 0.885. The molecule has 2 heterocycles. The topological polar surface area (TPSA) is 48.5 Å². The number of benzene rings is 1. The second-order valence-corrected chi connectivity index (χ2v) is 7.27. The Morgan fingerprint density at radius 1 is 1.27 bits per heavy atom. The first-order valence-corrected chi connectivity index (χ1v) is 9.49. The zero-order valence-electron chi connectivity index (χ0n) is 14.8. The molecule has 0 bridgehead atoms. The third-order valence-corrected chi connectivity index (χ3v) is 5.54. The minimum Gasteiger partial charge on any atom is -0.347 e. The molecule has 1 unspecified atom stereocenters. The van der Waals surface area contributed by atoms with Crippen molar-refractivity contribution in [2.45, 2.75) is 26.3 Å². The van der Waals surface area contributed by atoms with Crippen molar-refractivity contribution in [1.82, 2.24) is 9.88 Å². The van der Waals surface area contributed by atoms with Crippen LogP contribution in [0.4, 0.5) is 19.6 Å².